The van der Waals surface area contributed by atoms with Gasteiger partial charge >= 0.3 is 0 Å². The van der Waals surface area contributed by atoms with E-state index in [9.17, 15) is 0 Å². The van der Waals surface area contributed by atoms with Crippen LogP contribution in [0.1, 0.15) is 36.4 Å². The van der Waals surface area contributed by atoms with Gasteiger partial charge in [-0.1, -0.05) is 11.6 Å². The fraction of sp³-hybridized carbons (Fsp3) is 0.583. The van der Waals surface area contributed by atoms with Gasteiger partial charge in [-0.15, -0.1) is 11.3 Å². The van der Waals surface area contributed by atoms with Gasteiger partial charge < -0.3 is 0 Å². The second-order valence-corrected chi connectivity index (χ2v) is 5.27. The van der Waals surface area contributed by atoms with Crippen molar-refractivity contribution in [3.05, 3.63) is 27.7 Å². The van der Waals surface area contributed by atoms with E-state index in [1.54, 1.807) is 11.3 Å². The van der Waals surface area contributed by atoms with E-state index in [4.69, 9.17) is 5.84 Å². The van der Waals surface area contributed by atoms with Crippen LogP contribution in [0.3, 0.4) is 0 Å². The van der Waals surface area contributed by atoms with E-state index in [0.29, 0.717) is 0 Å². The Labute approximate surface area is 101 Å². The lowest BCUT2D eigenvalue weighted by molar-refractivity contribution is 0.541. The number of hydrogen-bond acceptors (Lipinski definition) is 4. The summed E-state index contributed by atoms with van der Waals surface area (Å²) < 4.78 is 0. The lowest BCUT2D eigenvalue weighted by Gasteiger charge is -2.21. The number of thiazole rings is 1. The Morgan fingerprint density at radius 1 is 1.56 bits per heavy atom. The van der Waals surface area contributed by atoms with Crippen molar-refractivity contribution < 1.29 is 0 Å². The molecule has 2 rings (SSSR count). The quantitative estimate of drug-likeness (QED) is 0.480. The molecule has 0 bridgehead atoms. The molecule has 1 aromatic rings. The molecular weight excluding hydrogens is 218 g/mol. The molecule has 0 aliphatic heterocycles. The molecule has 1 heterocycles. The minimum Gasteiger partial charge on any atom is -0.271 e. The van der Waals surface area contributed by atoms with Crippen molar-refractivity contribution in [2.24, 2.45) is 5.84 Å². The molecule has 0 spiro atoms. The van der Waals surface area contributed by atoms with Crippen molar-refractivity contribution in [3.63, 3.8) is 0 Å². The smallest absolute Gasteiger partial charge is 0.0947 e. The zero-order chi connectivity index (χ0) is 11.4. The van der Waals surface area contributed by atoms with Gasteiger partial charge in [0.25, 0.3) is 0 Å². The van der Waals surface area contributed by atoms with Crippen molar-refractivity contribution >= 4 is 11.3 Å². The molecule has 0 saturated heterocycles. The number of hydrazine groups is 1. The van der Waals surface area contributed by atoms with E-state index >= 15 is 0 Å². The van der Waals surface area contributed by atoms with Gasteiger partial charge in [0, 0.05) is 23.5 Å². The molecule has 1 aliphatic rings. The van der Waals surface area contributed by atoms with Crippen molar-refractivity contribution in [2.45, 2.75) is 45.1 Å². The Bertz CT molecular complexity index is 370. The molecule has 0 radical (unpaired) electrons. The molecule has 0 amide bonds. The first kappa shape index (κ1) is 11.8. The normalized spacial score (nSPS) is 18.2. The largest absolute Gasteiger partial charge is 0.271 e. The van der Waals surface area contributed by atoms with E-state index in [2.05, 4.69) is 21.9 Å². The molecule has 0 aromatic carbocycles. The number of hydrogen-bond donors (Lipinski definition) is 2. The van der Waals surface area contributed by atoms with Crippen LogP contribution < -0.4 is 11.3 Å². The summed E-state index contributed by atoms with van der Waals surface area (Å²) in [6.45, 7) is 2.03. The minimum atomic E-state index is 0.269. The Morgan fingerprint density at radius 3 is 3.00 bits per heavy atom. The van der Waals surface area contributed by atoms with Gasteiger partial charge in [-0.05, 0) is 32.6 Å². The van der Waals surface area contributed by atoms with E-state index in [0.717, 1.165) is 12.1 Å². The fourth-order valence-corrected chi connectivity index (χ4v) is 2.97. The summed E-state index contributed by atoms with van der Waals surface area (Å²) in [5, 5.41) is 3.27. The molecule has 3 nitrogen and oxygen atoms in total. The molecule has 1 atom stereocenters. The molecule has 16 heavy (non-hydrogen) atoms. The molecule has 88 valence electrons. The highest BCUT2D eigenvalue weighted by Gasteiger charge is 2.16. The first-order valence-corrected chi connectivity index (χ1v) is 6.73. The summed E-state index contributed by atoms with van der Waals surface area (Å²) in [6, 6.07) is 0.269. The topological polar surface area (TPSA) is 50.9 Å². The fourth-order valence-electron chi connectivity index (χ4n) is 2.15. The summed E-state index contributed by atoms with van der Waals surface area (Å²) in [6.07, 6.45) is 8.25. The van der Waals surface area contributed by atoms with Crippen LogP contribution in [0.15, 0.2) is 17.0 Å². The van der Waals surface area contributed by atoms with Crippen LogP contribution >= 0.6 is 11.3 Å². The monoisotopic (exact) mass is 237 g/mol. The van der Waals surface area contributed by atoms with E-state index in [1.807, 2.05) is 6.92 Å². The molecule has 4 heteroatoms. The van der Waals surface area contributed by atoms with Gasteiger partial charge in [-0.2, -0.15) is 0 Å². The Hall–Kier alpha value is -0.710. The number of rotatable bonds is 4. The van der Waals surface area contributed by atoms with Gasteiger partial charge in [0.2, 0.25) is 0 Å². The van der Waals surface area contributed by atoms with Crippen molar-refractivity contribution in [2.75, 3.05) is 0 Å². The lowest BCUT2D eigenvalue weighted by Crippen LogP contribution is -2.38. The molecule has 0 saturated carbocycles. The highest BCUT2D eigenvalue weighted by Crippen LogP contribution is 2.23. The number of nitrogens with two attached hydrogens (primary N) is 1. The number of aryl methyl sites for hydroxylation is 1. The number of aromatic nitrogens is 1. The molecule has 1 aliphatic carbocycles. The maximum absolute atomic E-state index is 5.64. The molecule has 0 fully saturated rings. The molecular formula is C12H19N3S. The van der Waals surface area contributed by atoms with Crippen LogP contribution in [-0.4, -0.2) is 11.0 Å². The van der Waals surface area contributed by atoms with Gasteiger partial charge in [0.05, 0.1) is 5.01 Å². The zero-order valence-electron chi connectivity index (χ0n) is 9.70. The van der Waals surface area contributed by atoms with Crippen LogP contribution in [0, 0.1) is 6.92 Å². The predicted molar refractivity (Wildman–Crippen MR) is 68.2 cm³/mol. The lowest BCUT2D eigenvalue weighted by atomic mass is 9.93. The third-order valence-electron chi connectivity index (χ3n) is 3.02. The molecule has 1 aromatic heterocycles. The van der Waals surface area contributed by atoms with Crippen LogP contribution in [0.25, 0.3) is 0 Å². The van der Waals surface area contributed by atoms with E-state index < -0.39 is 0 Å². The summed E-state index contributed by atoms with van der Waals surface area (Å²) in [7, 11) is 0. The summed E-state index contributed by atoms with van der Waals surface area (Å²) in [5.74, 6) is 5.64. The maximum atomic E-state index is 5.64. The second kappa shape index (κ2) is 5.57. The minimum absolute atomic E-state index is 0.269. The van der Waals surface area contributed by atoms with Crippen LogP contribution in [0.2, 0.25) is 0 Å². The van der Waals surface area contributed by atoms with Gasteiger partial charge in [0.1, 0.15) is 0 Å². The van der Waals surface area contributed by atoms with Crippen molar-refractivity contribution in [3.8, 4) is 0 Å². The summed E-state index contributed by atoms with van der Waals surface area (Å²) in [4.78, 5) is 4.49. The summed E-state index contributed by atoms with van der Waals surface area (Å²) >= 11 is 1.72. The third-order valence-corrected chi connectivity index (χ3v) is 4.01. The van der Waals surface area contributed by atoms with Crippen LogP contribution in [0.4, 0.5) is 0 Å². The second-order valence-electron chi connectivity index (χ2n) is 4.33. The number of allylic oxidation sites excluding steroid dienone is 1. The van der Waals surface area contributed by atoms with Crippen molar-refractivity contribution in [1.82, 2.24) is 10.4 Å². The predicted octanol–water partition coefficient (Wildman–Crippen LogP) is 2.33. The van der Waals surface area contributed by atoms with Gasteiger partial charge in [-0.3, -0.25) is 11.3 Å². The summed E-state index contributed by atoms with van der Waals surface area (Å²) in [5.41, 5.74) is 5.49. The van der Waals surface area contributed by atoms with Gasteiger partial charge in [0.15, 0.2) is 0 Å². The number of nitrogens with zero attached hydrogens (tertiary/aromatic N) is 1. The number of nitrogens with one attached hydrogen (secondary N) is 1. The Kier molecular flexibility index (Phi) is 4.09. The highest BCUT2D eigenvalue weighted by molar-refractivity contribution is 7.09. The SMILES string of the molecule is Cc1csc(CC(NN)C2=CCCCC2)n1. The van der Waals surface area contributed by atoms with Crippen LogP contribution in [-0.2, 0) is 6.42 Å². The van der Waals surface area contributed by atoms with Gasteiger partial charge in [-0.25, -0.2) is 4.98 Å². The Morgan fingerprint density at radius 2 is 2.44 bits per heavy atom. The van der Waals surface area contributed by atoms with E-state index in [1.165, 1.54) is 36.3 Å². The average molecular weight is 237 g/mol. The Balaban J connectivity index is 2.02. The highest BCUT2D eigenvalue weighted by atomic mass is 32.1. The maximum Gasteiger partial charge on any atom is 0.0947 e. The third kappa shape index (κ3) is 2.90. The molecule has 3 N–H and O–H groups in total. The van der Waals surface area contributed by atoms with Crippen LogP contribution in [0.5, 0.6) is 0 Å². The first-order valence-electron chi connectivity index (χ1n) is 5.85. The van der Waals surface area contributed by atoms with E-state index in [-0.39, 0.29) is 6.04 Å². The first-order chi connectivity index (χ1) is 7.79. The molecule has 1 unspecified atom stereocenters. The standard InChI is InChI=1S/C12H19N3S/c1-9-8-16-12(14-9)7-11(15-13)10-5-3-2-4-6-10/h5,8,11,15H,2-4,6-7,13H2,1H3. The zero-order valence-corrected chi connectivity index (χ0v) is 10.5. The van der Waals surface area contributed by atoms with Crippen molar-refractivity contribution in [1.29, 1.82) is 0 Å². The average Bonchev–Trinajstić information content (AvgIpc) is 2.73.